The predicted octanol–water partition coefficient (Wildman–Crippen LogP) is 3.38. The number of nitrogens with two attached hydrogens (primary N) is 1. The molecule has 2 N–H and O–H groups in total. The highest BCUT2D eigenvalue weighted by Gasteiger charge is 2.31. The second-order valence-corrected chi connectivity index (χ2v) is 4.35. The zero-order valence-electron chi connectivity index (χ0n) is 10.9. The lowest BCUT2D eigenvalue weighted by Gasteiger charge is -2.13. The molecule has 0 aromatic heterocycles. The van der Waals surface area contributed by atoms with Crippen LogP contribution in [0.2, 0.25) is 0 Å². The summed E-state index contributed by atoms with van der Waals surface area (Å²) in [6.07, 6.45) is -4.51. The average molecular weight is 295 g/mol. The third-order valence-electron chi connectivity index (χ3n) is 2.81. The number of benzene rings is 2. The van der Waals surface area contributed by atoms with Gasteiger partial charge < -0.3 is 10.5 Å². The van der Waals surface area contributed by atoms with Crippen molar-refractivity contribution in [3.8, 4) is 5.75 Å². The number of hydrogen-bond donors (Lipinski definition) is 1. The lowest BCUT2D eigenvalue weighted by Crippen LogP contribution is -2.14. The largest absolute Gasteiger partial charge is 0.488 e. The van der Waals surface area contributed by atoms with Crippen molar-refractivity contribution in [2.45, 2.75) is 12.8 Å². The third-order valence-corrected chi connectivity index (χ3v) is 2.81. The van der Waals surface area contributed by atoms with E-state index < -0.39 is 17.6 Å². The highest BCUT2D eigenvalue weighted by atomic mass is 19.4. The molecule has 0 atom stereocenters. The number of ether oxygens (including phenoxy) is 1. The van der Waals surface area contributed by atoms with Crippen molar-refractivity contribution in [1.82, 2.24) is 0 Å². The summed E-state index contributed by atoms with van der Waals surface area (Å²) in [4.78, 5) is 11.3. The van der Waals surface area contributed by atoms with Gasteiger partial charge in [-0.1, -0.05) is 30.3 Å². The maximum atomic E-state index is 12.7. The Morgan fingerprint density at radius 2 is 1.76 bits per heavy atom. The van der Waals surface area contributed by atoms with Crippen LogP contribution in [0.25, 0.3) is 0 Å². The highest BCUT2D eigenvalue weighted by Crippen LogP contribution is 2.33. The third kappa shape index (κ3) is 3.75. The first-order valence-electron chi connectivity index (χ1n) is 6.05. The Morgan fingerprint density at radius 3 is 2.33 bits per heavy atom. The van der Waals surface area contributed by atoms with Gasteiger partial charge in [0.15, 0.2) is 0 Å². The average Bonchev–Trinajstić information content (AvgIpc) is 2.45. The second kappa shape index (κ2) is 5.87. The van der Waals surface area contributed by atoms with Crippen LogP contribution in [0.5, 0.6) is 5.75 Å². The van der Waals surface area contributed by atoms with E-state index in [0.29, 0.717) is 0 Å². The van der Waals surface area contributed by atoms with Crippen LogP contribution in [0, 0.1) is 0 Å². The van der Waals surface area contributed by atoms with E-state index in [1.54, 1.807) is 24.3 Å². The van der Waals surface area contributed by atoms with Crippen molar-refractivity contribution >= 4 is 5.91 Å². The maximum absolute atomic E-state index is 12.7. The molecule has 0 radical (unpaired) electrons. The van der Waals surface area contributed by atoms with Gasteiger partial charge in [0.2, 0.25) is 0 Å². The summed E-state index contributed by atoms with van der Waals surface area (Å²) in [6, 6.07) is 11.5. The Labute approximate surface area is 119 Å². The van der Waals surface area contributed by atoms with Crippen LogP contribution in [-0.4, -0.2) is 5.91 Å². The van der Waals surface area contributed by atoms with Gasteiger partial charge in [-0.25, -0.2) is 0 Å². The molecular weight excluding hydrogens is 283 g/mol. The number of carbonyl (C=O) groups excluding carboxylic acids is 1. The minimum atomic E-state index is -4.51. The lowest BCUT2D eigenvalue weighted by molar-refractivity contribution is -0.137. The van der Waals surface area contributed by atoms with Crippen LogP contribution < -0.4 is 10.5 Å². The van der Waals surface area contributed by atoms with Gasteiger partial charge in [0.1, 0.15) is 12.4 Å². The molecule has 0 unspecified atom stereocenters. The van der Waals surface area contributed by atoms with Crippen molar-refractivity contribution in [3.05, 3.63) is 65.2 Å². The molecule has 2 aromatic rings. The molecule has 0 aliphatic rings. The quantitative estimate of drug-likeness (QED) is 0.940. The van der Waals surface area contributed by atoms with E-state index in [1.807, 2.05) is 6.07 Å². The molecule has 1 amide bonds. The van der Waals surface area contributed by atoms with E-state index in [9.17, 15) is 18.0 Å². The monoisotopic (exact) mass is 295 g/mol. The fourth-order valence-corrected chi connectivity index (χ4v) is 1.76. The molecule has 110 valence electrons. The summed E-state index contributed by atoms with van der Waals surface area (Å²) >= 11 is 0. The molecule has 21 heavy (non-hydrogen) atoms. The van der Waals surface area contributed by atoms with Gasteiger partial charge in [0, 0.05) is 0 Å². The molecule has 2 aromatic carbocycles. The number of alkyl halides is 3. The summed E-state index contributed by atoms with van der Waals surface area (Å²) in [7, 11) is 0. The van der Waals surface area contributed by atoms with Gasteiger partial charge >= 0.3 is 6.18 Å². The van der Waals surface area contributed by atoms with Gasteiger partial charge in [-0.3, -0.25) is 4.79 Å². The van der Waals surface area contributed by atoms with E-state index in [2.05, 4.69) is 0 Å². The number of rotatable bonds is 4. The number of carbonyl (C=O) groups is 1. The fraction of sp³-hybridized carbons (Fsp3) is 0.133. The zero-order chi connectivity index (χ0) is 15.5. The van der Waals surface area contributed by atoms with Crippen molar-refractivity contribution in [3.63, 3.8) is 0 Å². The normalized spacial score (nSPS) is 11.2. The number of halogens is 3. The Morgan fingerprint density at radius 1 is 1.10 bits per heavy atom. The molecule has 0 heterocycles. The molecule has 0 bridgehead atoms. The topological polar surface area (TPSA) is 52.3 Å². The van der Waals surface area contributed by atoms with Crippen molar-refractivity contribution in [2.75, 3.05) is 0 Å². The van der Waals surface area contributed by atoms with Crippen LogP contribution >= 0.6 is 0 Å². The Kier molecular flexibility index (Phi) is 4.16. The molecule has 3 nitrogen and oxygen atoms in total. The van der Waals surface area contributed by atoms with Crippen LogP contribution in [0.1, 0.15) is 21.5 Å². The minimum Gasteiger partial charge on any atom is -0.488 e. The fourth-order valence-electron chi connectivity index (χ4n) is 1.76. The maximum Gasteiger partial charge on any atom is 0.416 e. The summed E-state index contributed by atoms with van der Waals surface area (Å²) in [6.45, 7) is 0.0441. The second-order valence-electron chi connectivity index (χ2n) is 4.35. The van der Waals surface area contributed by atoms with E-state index in [4.69, 9.17) is 10.5 Å². The Balaban J connectivity index is 2.29. The molecule has 0 fully saturated rings. The van der Waals surface area contributed by atoms with E-state index in [0.717, 1.165) is 23.8 Å². The molecule has 0 spiro atoms. The number of primary amides is 1. The summed E-state index contributed by atoms with van der Waals surface area (Å²) in [5.74, 6) is -1.02. The first-order valence-corrected chi connectivity index (χ1v) is 6.05. The summed E-state index contributed by atoms with van der Waals surface area (Å²) in [5.41, 5.74) is 4.93. The molecule has 0 aliphatic carbocycles. The van der Waals surface area contributed by atoms with E-state index >= 15 is 0 Å². The molecule has 2 rings (SSSR count). The number of hydrogen-bond acceptors (Lipinski definition) is 2. The van der Waals surface area contributed by atoms with Gasteiger partial charge in [0.25, 0.3) is 5.91 Å². The predicted molar refractivity (Wildman–Crippen MR) is 70.7 cm³/mol. The van der Waals surface area contributed by atoms with Gasteiger partial charge in [-0.15, -0.1) is 0 Å². The van der Waals surface area contributed by atoms with Crippen LogP contribution in [0.4, 0.5) is 13.2 Å². The van der Waals surface area contributed by atoms with Crippen molar-refractivity contribution in [1.29, 1.82) is 0 Å². The van der Waals surface area contributed by atoms with Gasteiger partial charge in [0.05, 0.1) is 11.1 Å². The molecule has 6 heteroatoms. The van der Waals surface area contributed by atoms with Crippen LogP contribution in [0.15, 0.2) is 48.5 Å². The highest BCUT2D eigenvalue weighted by molar-refractivity contribution is 5.95. The minimum absolute atomic E-state index is 0.0441. The van der Waals surface area contributed by atoms with E-state index in [-0.39, 0.29) is 17.9 Å². The first-order chi connectivity index (χ1) is 9.88. The smallest absolute Gasteiger partial charge is 0.416 e. The molecule has 0 aliphatic heterocycles. The lowest BCUT2D eigenvalue weighted by atomic mass is 10.1. The first kappa shape index (κ1) is 14.9. The van der Waals surface area contributed by atoms with Crippen LogP contribution in [0.3, 0.4) is 0 Å². The van der Waals surface area contributed by atoms with Crippen molar-refractivity contribution in [2.24, 2.45) is 5.73 Å². The SMILES string of the molecule is NC(=O)c1ccc(C(F)(F)F)cc1OCc1ccccc1. The van der Waals surface area contributed by atoms with Gasteiger partial charge in [-0.05, 0) is 23.8 Å². The zero-order valence-corrected chi connectivity index (χ0v) is 10.9. The molecule has 0 saturated heterocycles. The molecular formula is C15H12F3NO2. The summed E-state index contributed by atoms with van der Waals surface area (Å²) in [5, 5.41) is 0. The van der Waals surface area contributed by atoms with Crippen LogP contribution in [-0.2, 0) is 12.8 Å². The van der Waals surface area contributed by atoms with Gasteiger partial charge in [-0.2, -0.15) is 13.2 Å². The number of amides is 1. The standard InChI is InChI=1S/C15H12F3NO2/c16-15(17,18)11-6-7-12(14(19)20)13(8-11)21-9-10-4-2-1-3-5-10/h1-8H,9H2,(H2,19,20). The van der Waals surface area contributed by atoms with Crippen molar-refractivity contribution < 1.29 is 22.7 Å². The Hall–Kier alpha value is -2.50. The van der Waals surface area contributed by atoms with E-state index in [1.165, 1.54) is 0 Å². The Bertz CT molecular complexity index is 639. The molecule has 0 saturated carbocycles. The summed E-state index contributed by atoms with van der Waals surface area (Å²) < 4.78 is 43.4.